The average molecular weight is 526 g/mol. The van der Waals surface area contributed by atoms with E-state index in [-0.39, 0.29) is 11.5 Å². The first-order chi connectivity index (χ1) is 17.9. The molecule has 1 unspecified atom stereocenters. The van der Waals surface area contributed by atoms with Crippen molar-refractivity contribution in [1.29, 1.82) is 0 Å². The number of methoxy groups -OCH3 is 1. The number of para-hydroxylation sites is 2. The summed E-state index contributed by atoms with van der Waals surface area (Å²) in [5, 5.41) is 2.77. The van der Waals surface area contributed by atoms with E-state index in [4.69, 9.17) is 18.9 Å². The van der Waals surface area contributed by atoms with Gasteiger partial charge in [-0.15, -0.1) is 0 Å². The zero-order valence-electron chi connectivity index (χ0n) is 20.2. The molecule has 0 spiro atoms. The molecule has 2 N–H and O–H groups in total. The smallest absolute Gasteiger partial charge is 0.269 e. The Hall–Kier alpha value is -3.96. The van der Waals surface area contributed by atoms with Crippen LogP contribution >= 0.6 is 0 Å². The van der Waals surface area contributed by atoms with Crippen molar-refractivity contribution >= 4 is 33.0 Å². The van der Waals surface area contributed by atoms with Crippen LogP contribution in [0.3, 0.4) is 0 Å². The number of hydrogen-bond acceptors (Lipinski definition) is 8. The van der Waals surface area contributed by atoms with E-state index in [2.05, 4.69) is 10.0 Å². The molecule has 0 radical (unpaired) electrons. The molecule has 1 amide bonds. The molecular formula is C26H27N3O7S. The molecule has 0 aliphatic carbocycles. The summed E-state index contributed by atoms with van der Waals surface area (Å²) in [4.78, 5) is 14.9. The van der Waals surface area contributed by atoms with Gasteiger partial charge in [0.15, 0.2) is 11.5 Å². The van der Waals surface area contributed by atoms with Gasteiger partial charge in [0.1, 0.15) is 17.3 Å². The van der Waals surface area contributed by atoms with E-state index in [0.717, 1.165) is 0 Å². The number of carbonyl (C=O) groups excluding carboxylic acids is 1. The van der Waals surface area contributed by atoms with Crippen LogP contribution in [0.15, 0.2) is 71.6 Å². The number of morpholine rings is 1. The van der Waals surface area contributed by atoms with Crippen LogP contribution in [0.4, 0.5) is 17.1 Å². The van der Waals surface area contributed by atoms with Crippen LogP contribution in [-0.2, 0) is 19.6 Å². The second-order valence-corrected chi connectivity index (χ2v) is 10.1. The summed E-state index contributed by atoms with van der Waals surface area (Å²) in [7, 11) is -2.48. The molecule has 37 heavy (non-hydrogen) atoms. The number of rotatable bonds is 7. The summed E-state index contributed by atoms with van der Waals surface area (Å²) < 4.78 is 51.7. The van der Waals surface area contributed by atoms with Crippen LogP contribution < -0.4 is 29.1 Å². The van der Waals surface area contributed by atoms with Crippen molar-refractivity contribution in [2.75, 3.05) is 55.0 Å². The van der Waals surface area contributed by atoms with Crippen molar-refractivity contribution in [3.8, 4) is 17.2 Å². The maximum atomic E-state index is 13.5. The Kier molecular flexibility index (Phi) is 7.06. The predicted octanol–water partition coefficient (Wildman–Crippen LogP) is 3.11. The fourth-order valence-corrected chi connectivity index (χ4v) is 5.42. The molecule has 0 saturated carbocycles. The maximum Gasteiger partial charge on any atom is 0.269 e. The topological polar surface area (TPSA) is 115 Å². The quantitative estimate of drug-likeness (QED) is 0.484. The second-order valence-electron chi connectivity index (χ2n) is 8.47. The van der Waals surface area contributed by atoms with E-state index in [9.17, 15) is 13.2 Å². The summed E-state index contributed by atoms with van der Waals surface area (Å²) in [5.74, 6) is 1.21. The Morgan fingerprint density at radius 3 is 2.41 bits per heavy atom. The normalized spacial score (nSPS) is 17.1. The third-order valence-electron chi connectivity index (χ3n) is 6.01. The van der Waals surface area contributed by atoms with Gasteiger partial charge in [0.2, 0.25) is 6.10 Å². The molecule has 10 nitrogen and oxygen atoms in total. The van der Waals surface area contributed by atoms with E-state index in [0.29, 0.717) is 60.6 Å². The first kappa shape index (κ1) is 24.7. The lowest BCUT2D eigenvalue weighted by Crippen LogP contribution is -2.40. The summed E-state index contributed by atoms with van der Waals surface area (Å²) >= 11 is 0. The highest BCUT2D eigenvalue weighted by molar-refractivity contribution is 7.92. The minimum Gasteiger partial charge on any atom is -0.497 e. The van der Waals surface area contributed by atoms with Gasteiger partial charge >= 0.3 is 0 Å². The Morgan fingerprint density at radius 1 is 0.973 bits per heavy atom. The number of benzene rings is 3. The van der Waals surface area contributed by atoms with Gasteiger partial charge in [-0.25, -0.2) is 8.42 Å². The molecular weight excluding hydrogens is 498 g/mol. The molecule has 3 aromatic rings. The largest absolute Gasteiger partial charge is 0.497 e. The number of nitrogens with one attached hydrogen (secondary N) is 2. The van der Waals surface area contributed by atoms with E-state index >= 15 is 0 Å². The molecule has 5 rings (SSSR count). The third-order valence-corrected chi connectivity index (χ3v) is 7.42. The lowest BCUT2D eigenvalue weighted by molar-refractivity contribution is -0.125. The van der Waals surface area contributed by atoms with Gasteiger partial charge in [-0.1, -0.05) is 12.1 Å². The molecule has 2 heterocycles. The Balaban J connectivity index is 1.41. The highest BCUT2D eigenvalue weighted by Gasteiger charge is 2.29. The SMILES string of the molecule is COc1ccc(NS(=O)(=O)c2cc(NC(=O)C3COc4ccccc4O3)ccc2N2CCOCC2)cc1. The van der Waals surface area contributed by atoms with Gasteiger partial charge in [-0.3, -0.25) is 9.52 Å². The van der Waals surface area contributed by atoms with Crippen molar-refractivity contribution < 1.29 is 32.2 Å². The van der Waals surface area contributed by atoms with Gasteiger partial charge in [0.05, 0.1) is 26.0 Å². The van der Waals surface area contributed by atoms with Crippen molar-refractivity contribution in [1.82, 2.24) is 0 Å². The highest BCUT2D eigenvalue weighted by atomic mass is 32.2. The summed E-state index contributed by atoms with van der Waals surface area (Å²) in [6.45, 7) is 2.11. The van der Waals surface area contributed by atoms with Gasteiger partial charge in [0, 0.05) is 24.5 Å². The molecule has 1 atom stereocenters. The second kappa shape index (κ2) is 10.6. The molecule has 0 aromatic heterocycles. The Morgan fingerprint density at radius 2 is 1.68 bits per heavy atom. The summed E-state index contributed by atoms with van der Waals surface area (Å²) in [5.41, 5.74) is 1.22. The fraction of sp³-hybridized carbons (Fsp3) is 0.269. The standard InChI is InChI=1S/C26H27N3O7S/c1-33-20-9-6-18(7-10-20)28-37(31,32)25-16-19(8-11-21(25)29-12-14-34-15-13-29)27-26(30)24-17-35-22-4-2-3-5-23(22)36-24/h2-11,16,24,28H,12-15,17H2,1H3,(H,27,30). The Bertz CT molecular complexity index is 1370. The highest BCUT2D eigenvalue weighted by Crippen LogP contribution is 2.33. The first-order valence-corrected chi connectivity index (χ1v) is 13.2. The number of fused-ring (bicyclic) bond motifs is 1. The van der Waals surface area contributed by atoms with Gasteiger partial charge in [0.25, 0.3) is 15.9 Å². The number of amides is 1. The summed E-state index contributed by atoms with van der Waals surface area (Å²) in [6, 6.07) is 18.5. The maximum absolute atomic E-state index is 13.5. The number of hydrogen-bond donors (Lipinski definition) is 2. The fourth-order valence-electron chi connectivity index (χ4n) is 4.11. The lowest BCUT2D eigenvalue weighted by Gasteiger charge is -2.31. The predicted molar refractivity (Wildman–Crippen MR) is 138 cm³/mol. The number of sulfonamides is 1. The van der Waals surface area contributed by atoms with Crippen LogP contribution in [-0.4, -0.2) is 60.4 Å². The molecule has 194 valence electrons. The molecule has 1 fully saturated rings. The molecule has 1 saturated heterocycles. The van der Waals surface area contributed by atoms with Crippen LogP contribution in [0.1, 0.15) is 0 Å². The molecule has 2 aliphatic rings. The third kappa shape index (κ3) is 5.57. The number of carbonyl (C=O) groups is 1. The van der Waals surface area contributed by atoms with E-state index in [1.165, 1.54) is 13.2 Å². The first-order valence-electron chi connectivity index (χ1n) is 11.8. The average Bonchev–Trinajstić information content (AvgIpc) is 2.93. The van der Waals surface area contributed by atoms with Gasteiger partial charge < -0.3 is 29.2 Å². The van der Waals surface area contributed by atoms with Gasteiger partial charge in [-0.05, 0) is 54.6 Å². The van der Waals surface area contributed by atoms with Crippen molar-refractivity contribution in [2.45, 2.75) is 11.0 Å². The van der Waals surface area contributed by atoms with Crippen LogP contribution in [0.2, 0.25) is 0 Å². The molecule has 11 heteroatoms. The van der Waals surface area contributed by atoms with Crippen molar-refractivity contribution in [3.63, 3.8) is 0 Å². The van der Waals surface area contributed by atoms with Gasteiger partial charge in [-0.2, -0.15) is 0 Å². The minimum atomic E-state index is -4.02. The molecule has 3 aromatic carbocycles. The number of ether oxygens (including phenoxy) is 4. The van der Waals surface area contributed by atoms with Crippen LogP contribution in [0.25, 0.3) is 0 Å². The van der Waals surface area contributed by atoms with Crippen LogP contribution in [0, 0.1) is 0 Å². The van der Waals surface area contributed by atoms with E-state index < -0.39 is 22.0 Å². The zero-order chi connectivity index (χ0) is 25.8. The van der Waals surface area contributed by atoms with E-state index in [1.807, 2.05) is 11.0 Å². The zero-order valence-corrected chi connectivity index (χ0v) is 21.0. The van der Waals surface area contributed by atoms with Crippen molar-refractivity contribution in [2.24, 2.45) is 0 Å². The number of nitrogens with zero attached hydrogens (tertiary/aromatic N) is 1. The molecule has 0 bridgehead atoms. The lowest BCUT2D eigenvalue weighted by atomic mass is 10.2. The molecule has 2 aliphatic heterocycles. The summed E-state index contributed by atoms with van der Waals surface area (Å²) in [6.07, 6.45) is -0.883. The number of anilines is 3. The van der Waals surface area contributed by atoms with Crippen LogP contribution in [0.5, 0.6) is 17.2 Å². The monoisotopic (exact) mass is 525 g/mol. The Labute approximate surface area is 215 Å². The van der Waals surface area contributed by atoms with E-state index in [1.54, 1.807) is 54.6 Å². The van der Waals surface area contributed by atoms with Crippen molar-refractivity contribution in [3.05, 3.63) is 66.7 Å². The minimum absolute atomic E-state index is 0.0363.